The van der Waals surface area contributed by atoms with Crippen molar-refractivity contribution in [1.82, 2.24) is 4.57 Å². The first-order valence-electron chi connectivity index (χ1n) is 5.14. The number of hydrogen-bond donors (Lipinski definition) is 0. The molecule has 3 aromatic rings. The Morgan fingerprint density at radius 3 is 1.76 bits per heavy atom. The van der Waals surface area contributed by atoms with Gasteiger partial charge < -0.3 is 0 Å². The molecule has 0 fully saturated rings. The van der Waals surface area contributed by atoms with E-state index in [4.69, 9.17) is 7.49 Å². The summed E-state index contributed by atoms with van der Waals surface area (Å²) < 4.78 is 4.10. The number of nitrogens with zero attached hydrogens (tertiary/aromatic N) is 1. The summed E-state index contributed by atoms with van der Waals surface area (Å²) in [6.45, 7) is 0. The van der Waals surface area contributed by atoms with Gasteiger partial charge >= 0.3 is 117 Å². The predicted octanol–water partition coefficient (Wildman–Crippen LogP) is 4.10. The molecule has 0 aliphatic rings. The van der Waals surface area contributed by atoms with Crippen molar-refractivity contribution >= 4 is 67.2 Å². The molecule has 0 amide bonds. The summed E-state index contributed by atoms with van der Waals surface area (Å²) in [5, 5.41) is 2.41. The van der Waals surface area contributed by atoms with Crippen LogP contribution in [-0.4, -0.2) is 18.1 Å². The molecule has 0 bridgehead atoms. The molecule has 0 saturated carbocycles. The van der Waals surface area contributed by atoms with Gasteiger partial charge in [0.25, 0.3) is 0 Å². The van der Waals surface area contributed by atoms with Crippen LogP contribution in [-0.2, 0) is 0 Å². The van der Waals surface area contributed by atoms with E-state index in [-0.39, 0.29) is 0 Å². The molecule has 0 unspecified atom stereocenters. The molecule has 0 saturated heterocycles. The number of benzene rings is 2. The third-order valence-corrected chi connectivity index (χ3v) is 3.86. The van der Waals surface area contributed by atoms with Crippen molar-refractivity contribution < 1.29 is 0 Å². The van der Waals surface area contributed by atoms with Crippen LogP contribution in [0.4, 0.5) is 0 Å². The molecule has 4 heteroatoms. The van der Waals surface area contributed by atoms with Crippen molar-refractivity contribution in [3.05, 3.63) is 45.3 Å². The molecule has 0 aliphatic carbocycles. The Hall–Kier alpha value is -0.865. The predicted molar refractivity (Wildman–Crippen MR) is 82.1 cm³/mol. The summed E-state index contributed by atoms with van der Waals surface area (Å²) >= 11 is 6.98. The molecule has 1 nitrogen and oxygen atoms in total. The number of halogens is 2. The Morgan fingerprint density at radius 1 is 0.882 bits per heavy atom. The molecule has 0 aliphatic heterocycles. The summed E-state index contributed by atoms with van der Waals surface area (Å²) in [4.78, 5) is 0. The van der Waals surface area contributed by atoms with Gasteiger partial charge in [0.15, 0.2) is 0 Å². The number of rotatable bonds is 1. The second-order valence-electron chi connectivity index (χ2n) is 3.84. The molecule has 3 rings (SSSR count). The van der Waals surface area contributed by atoms with E-state index in [0.29, 0.717) is 0 Å². The third-order valence-electron chi connectivity index (χ3n) is 2.88. The van der Waals surface area contributed by atoms with Gasteiger partial charge in [-0.1, -0.05) is 0 Å². The maximum atomic E-state index is 5.73. The van der Waals surface area contributed by atoms with Gasteiger partial charge in [0.2, 0.25) is 0 Å². The van der Waals surface area contributed by atoms with E-state index in [2.05, 4.69) is 56.1 Å². The first-order valence-corrected chi connectivity index (χ1v) is 6.73. The van der Waals surface area contributed by atoms with Crippen LogP contribution in [0.5, 0.6) is 0 Å². The van der Waals surface area contributed by atoms with Crippen molar-refractivity contribution in [3.63, 3.8) is 0 Å². The summed E-state index contributed by atoms with van der Waals surface area (Å²) in [7, 11) is 5.73. The van der Waals surface area contributed by atoms with Gasteiger partial charge in [-0.25, -0.2) is 0 Å². The van der Waals surface area contributed by atoms with Crippen LogP contribution in [0.25, 0.3) is 21.8 Å². The SMILES string of the molecule is [B]=Cn1c2cc(Br)ccc2c2ccc(Br)cc21. The van der Waals surface area contributed by atoms with Crippen LogP contribution < -0.4 is 0 Å². The average Bonchev–Trinajstić information content (AvgIpc) is 2.60. The standard InChI is InChI=1S/C13H7BBr2N/c14-7-17-12-5-8(15)1-3-10(12)11-4-2-9(16)6-13(11)17/h1-7H. The van der Waals surface area contributed by atoms with E-state index in [1.807, 2.05) is 16.7 Å². The summed E-state index contributed by atoms with van der Waals surface area (Å²) in [5.41, 5.74) is 2.21. The van der Waals surface area contributed by atoms with Gasteiger partial charge in [-0.05, 0) is 0 Å². The van der Waals surface area contributed by atoms with Gasteiger partial charge in [-0.15, -0.1) is 0 Å². The molecule has 0 spiro atoms. The minimum absolute atomic E-state index is 1.05. The molecule has 1 aromatic heterocycles. The average molecular weight is 348 g/mol. The van der Waals surface area contributed by atoms with Gasteiger partial charge in [-0.2, -0.15) is 0 Å². The van der Waals surface area contributed by atoms with Gasteiger partial charge in [0.1, 0.15) is 0 Å². The molecular formula is C13H7BBr2N. The van der Waals surface area contributed by atoms with E-state index >= 15 is 0 Å². The molecule has 0 N–H and O–H groups in total. The Bertz CT molecular complexity index is 687. The summed E-state index contributed by atoms with van der Waals surface area (Å²) in [6, 6.07) is 12.5. The van der Waals surface area contributed by atoms with Crippen LogP contribution in [0.1, 0.15) is 0 Å². The zero-order chi connectivity index (χ0) is 12.0. The minimum atomic E-state index is 1.05. The summed E-state index contributed by atoms with van der Waals surface area (Å²) in [5.74, 6) is 0. The first kappa shape index (κ1) is 11.2. The van der Waals surface area contributed by atoms with Crippen molar-refractivity contribution in [1.29, 1.82) is 0 Å². The van der Waals surface area contributed by atoms with Crippen LogP contribution >= 0.6 is 31.9 Å². The van der Waals surface area contributed by atoms with Crippen LogP contribution in [0, 0.1) is 0 Å². The molecule has 0 atom stereocenters. The number of hydrogen-bond acceptors (Lipinski definition) is 0. The first-order chi connectivity index (χ1) is 8.20. The van der Waals surface area contributed by atoms with E-state index in [1.165, 1.54) is 10.8 Å². The fourth-order valence-corrected chi connectivity index (χ4v) is 2.85. The van der Waals surface area contributed by atoms with Crippen LogP contribution in [0.15, 0.2) is 45.3 Å². The fourth-order valence-electron chi connectivity index (χ4n) is 2.15. The van der Waals surface area contributed by atoms with E-state index < -0.39 is 0 Å². The zero-order valence-corrected chi connectivity index (χ0v) is 12.0. The second-order valence-corrected chi connectivity index (χ2v) is 5.67. The maximum absolute atomic E-state index is 5.73. The third kappa shape index (κ3) is 1.70. The molecule has 2 aromatic carbocycles. The Kier molecular flexibility index (Phi) is 2.71. The molecule has 1 radical (unpaired) electrons. The van der Waals surface area contributed by atoms with E-state index in [1.54, 1.807) is 6.09 Å². The van der Waals surface area contributed by atoms with Crippen molar-refractivity contribution in [2.24, 2.45) is 0 Å². The molecule has 1 heterocycles. The van der Waals surface area contributed by atoms with Gasteiger partial charge in [0.05, 0.1) is 0 Å². The van der Waals surface area contributed by atoms with Crippen LogP contribution in [0.3, 0.4) is 0 Å². The topological polar surface area (TPSA) is 4.93 Å². The molecular weight excluding hydrogens is 341 g/mol. The summed E-state index contributed by atoms with van der Waals surface area (Å²) in [6.07, 6.45) is 1.60. The van der Waals surface area contributed by atoms with Gasteiger partial charge in [0, 0.05) is 0 Å². The van der Waals surface area contributed by atoms with Crippen molar-refractivity contribution in [3.8, 4) is 0 Å². The van der Waals surface area contributed by atoms with Crippen LogP contribution in [0.2, 0.25) is 0 Å². The monoisotopic (exact) mass is 346 g/mol. The number of aromatic nitrogens is 1. The Morgan fingerprint density at radius 2 is 1.35 bits per heavy atom. The van der Waals surface area contributed by atoms with E-state index in [9.17, 15) is 0 Å². The Balaban J connectivity index is 2.61. The zero-order valence-electron chi connectivity index (χ0n) is 8.82. The fraction of sp³-hybridized carbons (Fsp3) is 0. The second kappa shape index (κ2) is 4.11. The van der Waals surface area contributed by atoms with Crippen molar-refractivity contribution in [2.45, 2.75) is 0 Å². The van der Waals surface area contributed by atoms with Gasteiger partial charge in [-0.3, -0.25) is 0 Å². The normalized spacial score (nSPS) is 11.1. The van der Waals surface area contributed by atoms with Crippen molar-refractivity contribution in [2.75, 3.05) is 0 Å². The van der Waals surface area contributed by atoms with E-state index in [0.717, 1.165) is 20.0 Å². The quantitative estimate of drug-likeness (QED) is 0.584. The molecule has 17 heavy (non-hydrogen) atoms. The number of fused-ring (bicyclic) bond motifs is 3. The Labute approximate surface area is 117 Å². The molecule has 81 valence electrons.